The van der Waals surface area contributed by atoms with Gasteiger partial charge in [0.2, 0.25) is 10.0 Å². The minimum Gasteiger partial charge on any atom is -0.481 e. The van der Waals surface area contributed by atoms with Crippen LogP contribution in [0.25, 0.3) is 0 Å². The molecule has 0 atom stereocenters. The molecule has 3 N–H and O–H groups in total. The van der Waals surface area contributed by atoms with Crippen LogP contribution in [0, 0.1) is 5.92 Å². The van der Waals surface area contributed by atoms with E-state index in [1.54, 1.807) is 17.0 Å². The molecule has 0 unspecified atom stereocenters. The number of carbonyl (C=O) groups is 2. The van der Waals surface area contributed by atoms with Gasteiger partial charge in [0.05, 0.1) is 21.1 Å². The average Bonchev–Trinajstić information content (AvgIpc) is 3.48. The molecule has 1 heterocycles. The molecule has 2 aromatic rings. The number of rotatable bonds is 12. The van der Waals surface area contributed by atoms with Crippen LogP contribution < -0.4 is 14.9 Å². The highest BCUT2D eigenvalue weighted by Gasteiger charge is 2.25. The summed E-state index contributed by atoms with van der Waals surface area (Å²) in [6, 6.07) is 6.03. The summed E-state index contributed by atoms with van der Waals surface area (Å²) in [5, 5.41) is 12.0. The lowest BCUT2D eigenvalue weighted by molar-refractivity contribution is -0.133. The van der Waals surface area contributed by atoms with E-state index < -0.39 is 22.0 Å². The van der Waals surface area contributed by atoms with Gasteiger partial charge in [-0.25, -0.2) is 22.9 Å². The number of aromatic nitrogens is 1. The van der Waals surface area contributed by atoms with Gasteiger partial charge >= 0.3 is 12.0 Å². The van der Waals surface area contributed by atoms with Gasteiger partial charge < -0.3 is 5.11 Å². The van der Waals surface area contributed by atoms with E-state index in [9.17, 15) is 18.0 Å². The molecule has 0 bridgehead atoms. The molecule has 1 fully saturated rings. The van der Waals surface area contributed by atoms with Crippen molar-refractivity contribution < 1.29 is 23.1 Å². The number of hydrogen-bond acceptors (Lipinski definition) is 7. The second kappa shape index (κ2) is 12.5. The predicted octanol–water partition coefficient (Wildman–Crippen LogP) is 4.63. The topological polar surface area (TPSA) is 129 Å². The summed E-state index contributed by atoms with van der Waals surface area (Å²) in [7, 11) is -3.68. The minimum absolute atomic E-state index is 0.0864. The van der Waals surface area contributed by atoms with Crippen molar-refractivity contribution in [2.45, 2.75) is 54.6 Å². The number of urea groups is 1. The first-order chi connectivity index (χ1) is 16.3. The van der Waals surface area contributed by atoms with Crippen molar-refractivity contribution in [1.29, 1.82) is 0 Å². The highest BCUT2D eigenvalue weighted by atomic mass is 32.2. The van der Waals surface area contributed by atoms with Gasteiger partial charge in [-0.15, -0.1) is 11.8 Å². The van der Waals surface area contributed by atoms with Crippen molar-refractivity contribution in [1.82, 2.24) is 9.71 Å². The van der Waals surface area contributed by atoms with Crippen molar-refractivity contribution in [3.63, 3.8) is 0 Å². The van der Waals surface area contributed by atoms with Crippen molar-refractivity contribution in [3.8, 4) is 0 Å². The lowest BCUT2D eigenvalue weighted by atomic mass is 10.1. The van der Waals surface area contributed by atoms with Crippen LogP contribution in [-0.4, -0.2) is 49.4 Å². The van der Waals surface area contributed by atoms with Crippen molar-refractivity contribution in [2.24, 2.45) is 5.92 Å². The lowest BCUT2D eigenvalue weighted by Gasteiger charge is -2.26. The van der Waals surface area contributed by atoms with Gasteiger partial charge in [-0.05, 0) is 43.4 Å². The minimum atomic E-state index is -3.68. The summed E-state index contributed by atoms with van der Waals surface area (Å²) in [4.78, 5) is 29.9. The Labute approximate surface area is 208 Å². The monoisotopic (exact) mass is 526 g/mol. The van der Waals surface area contributed by atoms with Crippen LogP contribution in [0.1, 0.15) is 45.4 Å². The molecule has 0 spiro atoms. The fourth-order valence-corrected chi connectivity index (χ4v) is 6.41. The van der Waals surface area contributed by atoms with Gasteiger partial charge in [0.15, 0.2) is 5.13 Å². The van der Waals surface area contributed by atoms with Crippen LogP contribution in [0.5, 0.6) is 0 Å². The van der Waals surface area contributed by atoms with Crippen LogP contribution in [0.3, 0.4) is 0 Å². The van der Waals surface area contributed by atoms with Crippen LogP contribution in [0.15, 0.2) is 39.6 Å². The molecule has 0 saturated heterocycles. The first-order valence-electron chi connectivity index (χ1n) is 11.3. The van der Waals surface area contributed by atoms with E-state index in [1.165, 1.54) is 29.7 Å². The number of thiazole rings is 1. The number of unbranched alkanes of at least 4 members (excludes halogenated alkanes) is 1. The Balaban J connectivity index is 1.79. The summed E-state index contributed by atoms with van der Waals surface area (Å²) in [6.45, 7) is 2.83. The van der Waals surface area contributed by atoms with Gasteiger partial charge in [0, 0.05) is 18.8 Å². The van der Waals surface area contributed by atoms with E-state index in [1.807, 2.05) is 6.92 Å². The maximum Gasteiger partial charge on any atom is 0.328 e. The summed E-state index contributed by atoms with van der Waals surface area (Å²) in [6.07, 6.45) is 7.44. The molecule has 0 radical (unpaired) electrons. The number of carbonyl (C=O) groups excluding carboxylic acids is 1. The van der Waals surface area contributed by atoms with Crippen LogP contribution >= 0.6 is 23.1 Å². The molecule has 34 heavy (non-hydrogen) atoms. The Morgan fingerprint density at radius 1 is 1.29 bits per heavy atom. The number of nitrogens with one attached hydrogen (secondary N) is 2. The van der Waals surface area contributed by atoms with Gasteiger partial charge in [-0.1, -0.05) is 43.6 Å². The molecule has 1 aliphatic carbocycles. The average molecular weight is 527 g/mol. The maximum atomic E-state index is 13.3. The number of amides is 2. The molecule has 9 nitrogen and oxygen atoms in total. The third-order valence-electron chi connectivity index (χ3n) is 5.46. The Hall–Kier alpha value is -2.15. The maximum absolute atomic E-state index is 13.3. The summed E-state index contributed by atoms with van der Waals surface area (Å²) in [5.74, 6) is -0.672. The number of nitrogens with zero attached hydrogens (tertiary/aromatic N) is 2. The van der Waals surface area contributed by atoms with Crippen molar-refractivity contribution >= 4 is 55.9 Å². The van der Waals surface area contributed by atoms with Gasteiger partial charge in [-0.2, -0.15) is 0 Å². The predicted molar refractivity (Wildman–Crippen MR) is 135 cm³/mol. The van der Waals surface area contributed by atoms with Crippen LogP contribution in [0.2, 0.25) is 0 Å². The number of thioether (sulfide) groups is 1. The number of carboxylic acids is 1. The molecule has 186 valence electrons. The highest BCUT2D eigenvalue weighted by molar-refractivity contribution is 8.01. The molecule has 1 aromatic carbocycles. The fraction of sp³-hybridized carbons (Fsp3) is 0.500. The molecule has 1 saturated carbocycles. The molecule has 1 aromatic heterocycles. The van der Waals surface area contributed by atoms with E-state index in [2.05, 4.69) is 15.0 Å². The van der Waals surface area contributed by atoms with Crippen LogP contribution in [0.4, 0.5) is 15.6 Å². The fourth-order valence-electron chi connectivity index (χ4n) is 3.72. The summed E-state index contributed by atoms with van der Waals surface area (Å²) >= 11 is 2.34. The number of hydrogen-bond donors (Lipinski definition) is 3. The Kier molecular flexibility index (Phi) is 9.74. The van der Waals surface area contributed by atoms with E-state index in [0.29, 0.717) is 34.0 Å². The second-order valence-electron chi connectivity index (χ2n) is 8.11. The zero-order chi connectivity index (χ0) is 24.6. The zero-order valence-electron chi connectivity index (χ0n) is 19.0. The van der Waals surface area contributed by atoms with E-state index in [0.717, 1.165) is 50.3 Å². The number of anilines is 2. The SMILES string of the molecule is CCCCNS(=O)(=O)c1cccc(N(CC2CCCC2)C(=O)Nc2ncc(SCC(=O)O)s2)c1. The number of benzene rings is 1. The summed E-state index contributed by atoms with van der Waals surface area (Å²) in [5.41, 5.74) is 0.500. The zero-order valence-corrected chi connectivity index (χ0v) is 21.5. The molecule has 3 rings (SSSR count). The smallest absolute Gasteiger partial charge is 0.328 e. The number of carboxylic acid groups (broad SMARTS) is 1. The quantitative estimate of drug-likeness (QED) is 0.272. The van der Waals surface area contributed by atoms with Gasteiger partial charge in [0.1, 0.15) is 0 Å². The Bertz CT molecular complexity index is 1080. The summed E-state index contributed by atoms with van der Waals surface area (Å²) < 4.78 is 28.7. The highest BCUT2D eigenvalue weighted by Crippen LogP contribution is 2.31. The van der Waals surface area contributed by atoms with Crippen molar-refractivity contribution in [2.75, 3.05) is 29.1 Å². The standard InChI is InChI=1S/C22H30N4O5S3/c1-2-3-11-24-34(30,31)18-10-6-9-17(12-18)26(14-16-7-4-5-8-16)22(29)25-21-23-13-20(33-21)32-15-19(27)28/h6,9-10,12-13,16,24H,2-5,7-8,11,14-15H2,1H3,(H,27,28)(H,23,25,29). The third kappa shape index (κ3) is 7.69. The van der Waals surface area contributed by atoms with Crippen LogP contribution in [-0.2, 0) is 14.8 Å². The van der Waals surface area contributed by atoms with E-state index in [4.69, 9.17) is 5.11 Å². The normalized spacial score (nSPS) is 14.3. The van der Waals surface area contributed by atoms with Crippen molar-refractivity contribution in [3.05, 3.63) is 30.5 Å². The molecule has 0 aliphatic heterocycles. The van der Waals surface area contributed by atoms with E-state index in [-0.39, 0.29) is 10.6 Å². The largest absolute Gasteiger partial charge is 0.481 e. The van der Waals surface area contributed by atoms with Gasteiger partial charge in [-0.3, -0.25) is 15.0 Å². The molecular weight excluding hydrogens is 496 g/mol. The second-order valence-corrected chi connectivity index (χ2v) is 12.2. The number of aliphatic carboxylic acids is 1. The molecule has 12 heteroatoms. The Morgan fingerprint density at radius 2 is 2.06 bits per heavy atom. The molecule has 2 amide bonds. The third-order valence-corrected chi connectivity index (χ3v) is 9.01. The van der Waals surface area contributed by atoms with Gasteiger partial charge in [0.25, 0.3) is 0 Å². The lowest BCUT2D eigenvalue weighted by Crippen LogP contribution is -2.38. The van der Waals surface area contributed by atoms with E-state index >= 15 is 0 Å². The Morgan fingerprint density at radius 3 is 2.76 bits per heavy atom. The number of sulfonamides is 1. The first kappa shape index (κ1) is 26.5. The molecule has 1 aliphatic rings. The first-order valence-corrected chi connectivity index (χ1v) is 14.6. The molecular formula is C22H30N4O5S3.